The topological polar surface area (TPSA) is 50.8 Å². The summed E-state index contributed by atoms with van der Waals surface area (Å²) in [5, 5.41) is 3.02. The maximum Gasteiger partial charge on any atom is 0.250 e. The van der Waals surface area contributed by atoms with Crippen LogP contribution in [0.3, 0.4) is 0 Å². The van der Waals surface area contributed by atoms with Gasteiger partial charge < -0.3 is 14.8 Å². The number of halogens is 1. The van der Waals surface area contributed by atoms with E-state index < -0.39 is 0 Å². The summed E-state index contributed by atoms with van der Waals surface area (Å²) in [4.78, 5) is 14.8. The number of benzene rings is 1. The quantitative estimate of drug-likeness (QED) is 0.850. The van der Waals surface area contributed by atoms with Crippen LogP contribution in [0.2, 0.25) is 0 Å². The Bertz CT molecular complexity index is 594. The molecule has 0 aliphatic carbocycles. The molecule has 0 bridgehead atoms. The summed E-state index contributed by atoms with van der Waals surface area (Å²) in [5.41, 5.74) is 2.34. The van der Waals surface area contributed by atoms with Crippen molar-refractivity contribution in [3.05, 3.63) is 29.3 Å². The molecule has 0 aromatic heterocycles. The third-order valence-corrected chi connectivity index (χ3v) is 4.76. The smallest absolute Gasteiger partial charge is 0.250 e. The van der Waals surface area contributed by atoms with E-state index in [0.717, 1.165) is 43.9 Å². The first kappa shape index (κ1) is 21.0. The van der Waals surface area contributed by atoms with Gasteiger partial charge in [0.2, 0.25) is 0 Å². The van der Waals surface area contributed by atoms with E-state index in [1.165, 1.54) is 12.0 Å². The van der Waals surface area contributed by atoms with Crippen LogP contribution in [0.4, 0.5) is 0 Å². The molecular weight excluding hydrogens is 352 g/mol. The molecule has 2 heterocycles. The van der Waals surface area contributed by atoms with E-state index in [2.05, 4.69) is 42.3 Å². The van der Waals surface area contributed by atoms with Crippen molar-refractivity contribution in [2.75, 3.05) is 32.8 Å². The monoisotopic (exact) mass is 382 g/mol. The van der Waals surface area contributed by atoms with Crippen molar-refractivity contribution in [3.8, 4) is 5.75 Å². The second-order valence-electron chi connectivity index (χ2n) is 7.48. The molecule has 1 atom stereocenters. The number of rotatable bonds is 5. The summed E-state index contributed by atoms with van der Waals surface area (Å²) in [7, 11) is 0. The van der Waals surface area contributed by atoms with Crippen molar-refractivity contribution in [1.82, 2.24) is 10.2 Å². The van der Waals surface area contributed by atoms with E-state index in [-0.39, 0.29) is 24.4 Å². The van der Waals surface area contributed by atoms with Crippen molar-refractivity contribution in [2.24, 2.45) is 5.92 Å². The lowest BCUT2D eigenvalue weighted by Gasteiger charge is -2.33. The number of hydrogen-bond donors (Lipinski definition) is 1. The van der Waals surface area contributed by atoms with E-state index in [0.29, 0.717) is 25.6 Å². The van der Waals surface area contributed by atoms with E-state index >= 15 is 0 Å². The van der Waals surface area contributed by atoms with Crippen LogP contribution >= 0.6 is 12.4 Å². The van der Waals surface area contributed by atoms with Gasteiger partial charge in [-0.25, -0.2) is 0 Å². The van der Waals surface area contributed by atoms with Crippen LogP contribution < -0.4 is 10.1 Å². The van der Waals surface area contributed by atoms with Gasteiger partial charge in [-0.1, -0.05) is 26.0 Å². The average molecular weight is 383 g/mol. The van der Waals surface area contributed by atoms with Gasteiger partial charge >= 0.3 is 0 Å². The molecule has 1 saturated heterocycles. The molecular formula is C20H31ClN2O3. The highest BCUT2D eigenvalue weighted by Gasteiger charge is 2.26. The van der Waals surface area contributed by atoms with Gasteiger partial charge in [0.15, 0.2) is 0 Å². The molecule has 1 aromatic rings. The normalized spacial score (nSPS) is 20.5. The third-order valence-electron chi connectivity index (χ3n) is 4.76. The Hall–Kier alpha value is -1.30. The Morgan fingerprint density at radius 2 is 2.15 bits per heavy atom. The van der Waals surface area contributed by atoms with Gasteiger partial charge in [0, 0.05) is 26.2 Å². The first-order valence-corrected chi connectivity index (χ1v) is 9.48. The largest absolute Gasteiger partial charge is 0.493 e. The number of aryl methyl sites for hydroxylation is 1. The Balaban J connectivity index is 0.00000243. The lowest BCUT2D eigenvalue weighted by Crippen LogP contribution is -2.50. The average Bonchev–Trinajstić information content (AvgIpc) is 2.84. The molecule has 6 heteroatoms. The van der Waals surface area contributed by atoms with E-state index in [1.54, 1.807) is 0 Å². The molecule has 2 aliphatic rings. The molecule has 1 N–H and O–H groups in total. The van der Waals surface area contributed by atoms with Gasteiger partial charge in [0.1, 0.15) is 11.9 Å². The fourth-order valence-electron chi connectivity index (χ4n) is 3.50. The summed E-state index contributed by atoms with van der Waals surface area (Å²) >= 11 is 0. The highest BCUT2D eigenvalue weighted by Crippen LogP contribution is 2.25. The van der Waals surface area contributed by atoms with Crippen LogP contribution in [0.1, 0.15) is 37.8 Å². The van der Waals surface area contributed by atoms with Crippen molar-refractivity contribution in [2.45, 2.75) is 45.8 Å². The lowest BCUT2D eigenvalue weighted by atomic mass is 10.1. The standard InChI is InChI=1S/C20H30N2O3.ClH/c1-15(2)13-22-8-10-25-19(14-22)20(23)21-12-16-6-7-17-5-3-4-9-24-18(17)11-16;/h6-7,11,15,19H,3-5,8-10,12-14H2,1-2H3,(H,21,23);1H/t19-;/m1./s1. The van der Waals surface area contributed by atoms with Crippen molar-refractivity contribution in [3.63, 3.8) is 0 Å². The Morgan fingerprint density at radius 3 is 2.96 bits per heavy atom. The van der Waals surface area contributed by atoms with Gasteiger partial charge in [-0.2, -0.15) is 0 Å². The van der Waals surface area contributed by atoms with E-state index in [1.807, 2.05) is 0 Å². The molecule has 2 aliphatic heterocycles. The van der Waals surface area contributed by atoms with Gasteiger partial charge in [0.25, 0.3) is 5.91 Å². The molecule has 1 aromatic carbocycles. The van der Waals surface area contributed by atoms with Gasteiger partial charge in [-0.05, 0) is 42.4 Å². The van der Waals surface area contributed by atoms with Crippen LogP contribution in [-0.4, -0.2) is 49.8 Å². The highest BCUT2D eigenvalue weighted by molar-refractivity contribution is 5.85. The molecule has 0 unspecified atom stereocenters. The second kappa shape index (κ2) is 10.1. The Labute approximate surface area is 162 Å². The molecule has 1 amide bonds. The van der Waals surface area contributed by atoms with Crippen LogP contribution in [-0.2, 0) is 22.5 Å². The number of carbonyl (C=O) groups excluding carboxylic acids is 1. The number of carbonyl (C=O) groups is 1. The van der Waals surface area contributed by atoms with Gasteiger partial charge in [-0.3, -0.25) is 9.69 Å². The number of hydrogen-bond acceptors (Lipinski definition) is 4. The maximum absolute atomic E-state index is 12.5. The first-order valence-electron chi connectivity index (χ1n) is 9.48. The predicted octanol–water partition coefficient (Wildman–Crippen LogP) is 2.80. The Kier molecular flexibility index (Phi) is 8.19. The molecule has 1 fully saturated rings. The van der Waals surface area contributed by atoms with Crippen LogP contribution in [0.25, 0.3) is 0 Å². The van der Waals surface area contributed by atoms with E-state index in [4.69, 9.17) is 9.47 Å². The third kappa shape index (κ3) is 5.86. The predicted molar refractivity (Wildman–Crippen MR) is 105 cm³/mol. The summed E-state index contributed by atoms with van der Waals surface area (Å²) < 4.78 is 11.5. The minimum absolute atomic E-state index is 0. The second-order valence-corrected chi connectivity index (χ2v) is 7.48. The number of ether oxygens (including phenoxy) is 2. The number of morpholine rings is 1. The first-order chi connectivity index (χ1) is 12.1. The minimum atomic E-state index is -0.371. The molecule has 146 valence electrons. The van der Waals surface area contributed by atoms with Crippen LogP contribution in [0.5, 0.6) is 5.75 Å². The van der Waals surface area contributed by atoms with Crippen LogP contribution in [0, 0.1) is 5.92 Å². The fourth-order valence-corrected chi connectivity index (χ4v) is 3.50. The number of fused-ring (bicyclic) bond motifs is 1. The Morgan fingerprint density at radius 1 is 1.31 bits per heavy atom. The maximum atomic E-state index is 12.5. The molecule has 26 heavy (non-hydrogen) atoms. The van der Waals surface area contributed by atoms with Crippen molar-refractivity contribution in [1.29, 1.82) is 0 Å². The summed E-state index contributed by atoms with van der Waals surface area (Å²) in [6.45, 7) is 8.91. The highest BCUT2D eigenvalue weighted by atomic mass is 35.5. The summed E-state index contributed by atoms with van der Waals surface area (Å²) in [6, 6.07) is 6.28. The minimum Gasteiger partial charge on any atom is -0.493 e. The number of nitrogens with one attached hydrogen (secondary N) is 1. The molecule has 5 nitrogen and oxygen atoms in total. The SMILES string of the molecule is CC(C)CN1CCO[C@@H](C(=O)NCc2ccc3c(c2)OCCCC3)C1.Cl. The molecule has 3 rings (SSSR count). The van der Waals surface area contributed by atoms with Gasteiger partial charge in [0.05, 0.1) is 13.2 Å². The van der Waals surface area contributed by atoms with Crippen molar-refractivity contribution < 1.29 is 14.3 Å². The van der Waals surface area contributed by atoms with Crippen molar-refractivity contribution >= 4 is 18.3 Å². The zero-order chi connectivity index (χ0) is 17.6. The zero-order valence-electron chi connectivity index (χ0n) is 15.8. The fraction of sp³-hybridized carbons (Fsp3) is 0.650. The number of nitrogens with zero attached hydrogens (tertiary/aromatic N) is 1. The number of amides is 1. The van der Waals surface area contributed by atoms with Gasteiger partial charge in [-0.15, -0.1) is 12.4 Å². The summed E-state index contributed by atoms with van der Waals surface area (Å²) in [5.74, 6) is 1.55. The van der Waals surface area contributed by atoms with E-state index in [9.17, 15) is 4.79 Å². The lowest BCUT2D eigenvalue weighted by molar-refractivity contribution is -0.138. The molecule has 0 radical (unpaired) electrons. The summed E-state index contributed by atoms with van der Waals surface area (Å²) in [6.07, 6.45) is 2.98. The molecule has 0 saturated carbocycles. The zero-order valence-corrected chi connectivity index (χ0v) is 16.6. The molecule has 0 spiro atoms. The van der Waals surface area contributed by atoms with Crippen LogP contribution in [0.15, 0.2) is 18.2 Å².